The lowest BCUT2D eigenvalue weighted by atomic mass is 10.2. The summed E-state index contributed by atoms with van der Waals surface area (Å²) in [6.07, 6.45) is 4.67. The maximum Gasteiger partial charge on any atom is 0.338 e. The molecule has 1 heterocycles. The zero-order chi connectivity index (χ0) is 14.8. The highest BCUT2D eigenvalue weighted by atomic mass is 32.2. The first-order valence-electron chi connectivity index (χ1n) is 6.62. The molecule has 0 atom stereocenters. The molecule has 0 aromatic carbocycles. The number of carboxylic acids is 1. The van der Waals surface area contributed by atoms with E-state index < -0.39 is 5.97 Å². The molecule has 0 unspecified atom stereocenters. The molecule has 5 nitrogen and oxygen atoms in total. The Hall–Kier alpha value is -1.56. The molecule has 0 radical (unpaired) electrons. The van der Waals surface area contributed by atoms with Gasteiger partial charge in [-0.2, -0.15) is 0 Å². The molecular formula is C14H19NO4S. The van der Waals surface area contributed by atoms with Crippen molar-refractivity contribution < 1.29 is 19.4 Å². The maximum atomic E-state index is 11.1. The molecule has 110 valence electrons. The minimum absolute atomic E-state index is 0.155. The Labute approximate surface area is 122 Å². The van der Waals surface area contributed by atoms with Crippen molar-refractivity contribution in [1.82, 2.24) is 4.98 Å². The summed E-state index contributed by atoms with van der Waals surface area (Å²) < 4.78 is 4.84. The summed E-state index contributed by atoms with van der Waals surface area (Å²) in [4.78, 5) is 26.2. The summed E-state index contributed by atoms with van der Waals surface area (Å²) in [5.74, 6) is -0.318. The van der Waals surface area contributed by atoms with Crippen LogP contribution in [-0.4, -0.2) is 34.4 Å². The van der Waals surface area contributed by atoms with Crippen molar-refractivity contribution in [2.75, 3.05) is 12.4 Å². The summed E-state index contributed by atoms with van der Waals surface area (Å²) in [5.41, 5.74) is 0.240. The van der Waals surface area contributed by atoms with E-state index in [9.17, 15) is 9.59 Å². The predicted molar refractivity (Wildman–Crippen MR) is 77.0 cm³/mol. The highest BCUT2D eigenvalue weighted by Crippen LogP contribution is 2.21. The standard InChI is InChI=1S/C14H19NO4S/c1-2-19-12(16)8-4-3-5-10-20-13-11(14(17)18)7-6-9-15-13/h6-7,9H,2-5,8,10H2,1H3,(H,17,18). The van der Waals surface area contributed by atoms with Gasteiger partial charge in [0.2, 0.25) is 0 Å². The van der Waals surface area contributed by atoms with E-state index in [-0.39, 0.29) is 11.5 Å². The highest BCUT2D eigenvalue weighted by Gasteiger charge is 2.10. The molecule has 0 saturated heterocycles. The number of carbonyl (C=O) groups is 2. The number of hydrogen-bond donors (Lipinski definition) is 1. The topological polar surface area (TPSA) is 76.5 Å². The van der Waals surface area contributed by atoms with E-state index in [1.54, 1.807) is 25.3 Å². The van der Waals surface area contributed by atoms with Crippen LogP contribution in [0, 0.1) is 0 Å². The van der Waals surface area contributed by atoms with Gasteiger partial charge in [-0.15, -0.1) is 11.8 Å². The summed E-state index contributed by atoms with van der Waals surface area (Å²) in [6, 6.07) is 3.17. The molecule has 1 rings (SSSR count). The zero-order valence-corrected chi connectivity index (χ0v) is 12.3. The number of rotatable bonds is 9. The first kappa shape index (κ1) is 16.5. The Bertz CT molecular complexity index is 451. The van der Waals surface area contributed by atoms with Gasteiger partial charge in [-0.25, -0.2) is 9.78 Å². The van der Waals surface area contributed by atoms with Gasteiger partial charge in [0.1, 0.15) is 5.03 Å². The number of pyridine rings is 1. The largest absolute Gasteiger partial charge is 0.478 e. The molecule has 1 aromatic heterocycles. The smallest absolute Gasteiger partial charge is 0.338 e. The van der Waals surface area contributed by atoms with Gasteiger partial charge in [0.05, 0.1) is 12.2 Å². The van der Waals surface area contributed by atoms with E-state index in [1.807, 2.05) is 0 Å². The van der Waals surface area contributed by atoms with Crippen LogP contribution in [0.5, 0.6) is 0 Å². The van der Waals surface area contributed by atoms with E-state index in [4.69, 9.17) is 9.84 Å². The van der Waals surface area contributed by atoms with Crippen LogP contribution in [0.2, 0.25) is 0 Å². The van der Waals surface area contributed by atoms with Crippen LogP contribution in [0.4, 0.5) is 0 Å². The highest BCUT2D eigenvalue weighted by molar-refractivity contribution is 7.99. The van der Waals surface area contributed by atoms with Gasteiger partial charge in [0.25, 0.3) is 0 Å². The number of aromatic nitrogens is 1. The third-order valence-corrected chi connectivity index (χ3v) is 3.66. The van der Waals surface area contributed by atoms with Gasteiger partial charge in [-0.1, -0.05) is 6.42 Å². The van der Waals surface area contributed by atoms with Crippen molar-refractivity contribution in [2.45, 2.75) is 37.6 Å². The van der Waals surface area contributed by atoms with Crippen molar-refractivity contribution >= 4 is 23.7 Å². The molecule has 0 fully saturated rings. The fourth-order valence-electron chi connectivity index (χ4n) is 1.62. The van der Waals surface area contributed by atoms with Gasteiger partial charge in [0, 0.05) is 12.6 Å². The van der Waals surface area contributed by atoms with Gasteiger partial charge in [0.15, 0.2) is 0 Å². The average molecular weight is 297 g/mol. The van der Waals surface area contributed by atoms with Crippen molar-refractivity contribution in [3.63, 3.8) is 0 Å². The van der Waals surface area contributed by atoms with E-state index >= 15 is 0 Å². The Morgan fingerprint density at radius 3 is 2.85 bits per heavy atom. The first-order chi connectivity index (χ1) is 9.65. The van der Waals surface area contributed by atoms with E-state index in [1.165, 1.54) is 11.8 Å². The molecule has 0 aliphatic carbocycles. The number of nitrogens with zero attached hydrogens (tertiary/aromatic N) is 1. The molecule has 0 aliphatic heterocycles. The Balaban J connectivity index is 2.22. The first-order valence-corrected chi connectivity index (χ1v) is 7.60. The summed E-state index contributed by atoms with van der Waals surface area (Å²) in [7, 11) is 0. The lowest BCUT2D eigenvalue weighted by Gasteiger charge is -2.04. The number of esters is 1. The Morgan fingerprint density at radius 2 is 2.15 bits per heavy atom. The molecule has 0 amide bonds. The van der Waals surface area contributed by atoms with E-state index in [0.717, 1.165) is 25.0 Å². The average Bonchev–Trinajstić information content (AvgIpc) is 2.43. The monoisotopic (exact) mass is 297 g/mol. The van der Waals surface area contributed by atoms with Crippen molar-refractivity contribution in [3.05, 3.63) is 23.9 Å². The number of carboxylic acid groups (broad SMARTS) is 1. The molecule has 0 spiro atoms. The van der Waals surface area contributed by atoms with Crippen molar-refractivity contribution in [3.8, 4) is 0 Å². The molecule has 20 heavy (non-hydrogen) atoms. The van der Waals surface area contributed by atoms with Gasteiger partial charge >= 0.3 is 11.9 Å². The minimum atomic E-state index is -0.956. The van der Waals surface area contributed by atoms with Crippen LogP contribution in [0.3, 0.4) is 0 Å². The quantitative estimate of drug-likeness (QED) is 0.429. The fourth-order valence-corrected chi connectivity index (χ4v) is 2.61. The number of aromatic carboxylic acids is 1. The normalized spacial score (nSPS) is 10.2. The van der Waals surface area contributed by atoms with Crippen LogP contribution in [0.25, 0.3) is 0 Å². The summed E-state index contributed by atoms with van der Waals surface area (Å²) in [5, 5.41) is 9.56. The van der Waals surface area contributed by atoms with E-state index in [2.05, 4.69) is 4.98 Å². The number of carbonyl (C=O) groups excluding carboxylic acids is 1. The lowest BCUT2D eigenvalue weighted by molar-refractivity contribution is -0.143. The van der Waals surface area contributed by atoms with E-state index in [0.29, 0.717) is 18.1 Å². The second kappa shape index (κ2) is 9.36. The van der Waals surface area contributed by atoms with Crippen LogP contribution in [0.15, 0.2) is 23.4 Å². The fraction of sp³-hybridized carbons (Fsp3) is 0.500. The second-order valence-electron chi connectivity index (χ2n) is 4.13. The molecule has 1 aromatic rings. The number of unbranched alkanes of at least 4 members (excludes halogenated alkanes) is 2. The van der Waals surface area contributed by atoms with Crippen LogP contribution in [-0.2, 0) is 9.53 Å². The SMILES string of the molecule is CCOC(=O)CCCCCSc1ncccc1C(=O)O. The number of thioether (sulfide) groups is 1. The maximum absolute atomic E-state index is 11.1. The van der Waals surface area contributed by atoms with Gasteiger partial charge < -0.3 is 9.84 Å². The zero-order valence-electron chi connectivity index (χ0n) is 11.5. The van der Waals surface area contributed by atoms with Crippen LogP contribution in [0.1, 0.15) is 43.0 Å². The van der Waals surface area contributed by atoms with Gasteiger partial charge in [-0.3, -0.25) is 4.79 Å². The number of hydrogen-bond acceptors (Lipinski definition) is 5. The molecule has 0 aliphatic rings. The number of ether oxygens (including phenoxy) is 1. The predicted octanol–water partition coefficient (Wildman–Crippen LogP) is 3.00. The van der Waals surface area contributed by atoms with Crippen LogP contribution >= 0.6 is 11.8 Å². The minimum Gasteiger partial charge on any atom is -0.478 e. The van der Waals surface area contributed by atoms with Crippen molar-refractivity contribution in [2.24, 2.45) is 0 Å². The summed E-state index contributed by atoms with van der Waals surface area (Å²) >= 11 is 1.44. The Morgan fingerprint density at radius 1 is 1.35 bits per heavy atom. The molecule has 1 N–H and O–H groups in total. The molecule has 0 bridgehead atoms. The molecule has 6 heteroatoms. The Kier molecular flexibility index (Phi) is 7.72. The summed E-state index contributed by atoms with van der Waals surface area (Å²) in [6.45, 7) is 2.22. The second-order valence-corrected chi connectivity index (χ2v) is 5.21. The van der Waals surface area contributed by atoms with Gasteiger partial charge in [-0.05, 0) is 37.7 Å². The third-order valence-electron chi connectivity index (χ3n) is 2.57. The lowest BCUT2D eigenvalue weighted by Crippen LogP contribution is -2.03. The van der Waals surface area contributed by atoms with Crippen molar-refractivity contribution in [1.29, 1.82) is 0 Å². The van der Waals surface area contributed by atoms with Crippen LogP contribution < -0.4 is 0 Å². The molecule has 0 saturated carbocycles. The third kappa shape index (κ3) is 6.06. The molecular weight excluding hydrogens is 278 g/mol.